The van der Waals surface area contributed by atoms with Crippen molar-refractivity contribution in [3.05, 3.63) is 24.3 Å². The predicted octanol–water partition coefficient (Wildman–Crippen LogP) is 3.45. The van der Waals surface area contributed by atoms with Crippen molar-refractivity contribution in [3.63, 3.8) is 0 Å². The topological polar surface area (TPSA) is 29.1 Å². The van der Waals surface area contributed by atoms with Crippen LogP contribution >= 0.6 is 0 Å². The lowest BCUT2D eigenvalue weighted by Gasteiger charge is -2.12. The fourth-order valence-corrected chi connectivity index (χ4v) is 1.45. The van der Waals surface area contributed by atoms with Crippen LogP contribution in [0.15, 0.2) is 24.3 Å². The Morgan fingerprint density at radius 1 is 1.19 bits per heavy atom. The Morgan fingerprint density at radius 2 is 1.88 bits per heavy atom. The van der Waals surface area contributed by atoms with Crippen LogP contribution in [-0.4, -0.2) is 11.9 Å². The van der Waals surface area contributed by atoms with Gasteiger partial charge in [0.05, 0.1) is 0 Å². The van der Waals surface area contributed by atoms with E-state index in [1.54, 1.807) is 12.2 Å². The molecule has 0 aliphatic rings. The fraction of sp³-hybridized carbons (Fsp3) is 0.643. The van der Waals surface area contributed by atoms with Crippen LogP contribution < -0.4 is 5.32 Å². The Hall–Kier alpha value is -1.05. The zero-order chi connectivity index (χ0) is 12.4. The van der Waals surface area contributed by atoms with Crippen molar-refractivity contribution >= 4 is 5.91 Å². The molecule has 0 rings (SSSR count). The molecule has 0 bridgehead atoms. The van der Waals surface area contributed by atoms with Crippen LogP contribution in [0.3, 0.4) is 0 Å². The van der Waals surface area contributed by atoms with Gasteiger partial charge in [-0.1, -0.05) is 44.9 Å². The Bertz CT molecular complexity index is 241. The quantitative estimate of drug-likeness (QED) is 0.520. The van der Waals surface area contributed by atoms with Gasteiger partial charge in [0.2, 0.25) is 5.91 Å². The Balaban J connectivity index is 3.69. The summed E-state index contributed by atoms with van der Waals surface area (Å²) in [5.74, 6) is 0.743. The summed E-state index contributed by atoms with van der Waals surface area (Å²) in [5, 5.41) is 2.95. The van der Waals surface area contributed by atoms with Crippen molar-refractivity contribution in [2.45, 2.75) is 53.0 Å². The molecule has 16 heavy (non-hydrogen) atoms. The Kier molecular flexibility index (Phi) is 8.59. The number of carbonyl (C=O) groups is 1. The normalized spacial score (nSPS) is 13.8. The summed E-state index contributed by atoms with van der Waals surface area (Å²) in [6.07, 6.45) is 10.5. The van der Waals surface area contributed by atoms with E-state index in [0.717, 1.165) is 12.3 Å². The van der Waals surface area contributed by atoms with Crippen LogP contribution in [0.25, 0.3) is 0 Å². The molecule has 0 spiro atoms. The first-order valence-electron chi connectivity index (χ1n) is 6.16. The zero-order valence-electron chi connectivity index (χ0n) is 11.0. The van der Waals surface area contributed by atoms with Gasteiger partial charge in [-0.25, -0.2) is 0 Å². The van der Waals surface area contributed by atoms with Crippen LogP contribution in [0, 0.1) is 5.92 Å². The number of hydrogen-bond donors (Lipinski definition) is 1. The minimum absolute atomic E-state index is 0.00449. The standard InChI is InChI=1S/C14H25NO/c1-5-6-7-11-14(16)15-13(4)10-8-9-12(2)3/h5-7,11-13H,8-10H2,1-4H3,(H,15,16)/b6-5+,11-7?. The van der Waals surface area contributed by atoms with Gasteiger partial charge in [-0.3, -0.25) is 4.79 Å². The highest BCUT2D eigenvalue weighted by Gasteiger charge is 2.04. The summed E-state index contributed by atoms with van der Waals surface area (Å²) in [5.41, 5.74) is 0. The molecule has 2 heteroatoms. The third-order valence-electron chi connectivity index (χ3n) is 2.36. The van der Waals surface area contributed by atoms with Gasteiger partial charge in [0.15, 0.2) is 0 Å². The lowest BCUT2D eigenvalue weighted by atomic mass is 10.0. The molecule has 1 atom stereocenters. The van der Waals surface area contributed by atoms with Gasteiger partial charge in [-0.05, 0) is 26.2 Å². The minimum atomic E-state index is -0.00449. The third kappa shape index (κ3) is 9.50. The van der Waals surface area contributed by atoms with E-state index in [4.69, 9.17) is 0 Å². The maximum Gasteiger partial charge on any atom is 0.244 e. The second-order valence-electron chi connectivity index (χ2n) is 4.62. The first-order chi connectivity index (χ1) is 7.56. The molecule has 0 aromatic rings. The first-order valence-corrected chi connectivity index (χ1v) is 6.16. The Labute approximate surface area is 99.8 Å². The van der Waals surface area contributed by atoms with Crippen LogP contribution in [0.1, 0.15) is 47.0 Å². The van der Waals surface area contributed by atoms with Crippen molar-refractivity contribution < 1.29 is 4.79 Å². The van der Waals surface area contributed by atoms with E-state index in [-0.39, 0.29) is 11.9 Å². The molecule has 0 radical (unpaired) electrons. The molecule has 92 valence electrons. The number of carbonyl (C=O) groups excluding carboxylic acids is 1. The van der Waals surface area contributed by atoms with E-state index < -0.39 is 0 Å². The van der Waals surface area contributed by atoms with Crippen LogP contribution in [0.4, 0.5) is 0 Å². The molecule has 1 N–H and O–H groups in total. The van der Waals surface area contributed by atoms with Crippen molar-refractivity contribution in [2.24, 2.45) is 5.92 Å². The maximum atomic E-state index is 11.4. The lowest BCUT2D eigenvalue weighted by Crippen LogP contribution is -2.31. The van der Waals surface area contributed by atoms with Gasteiger partial charge in [-0.15, -0.1) is 0 Å². The number of hydrogen-bond acceptors (Lipinski definition) is 1. The van der Waals surface area contributed by atoms with Crippen molar-refractivity contribution in [3.8, 4) is 0 Å². The molecule has 0 aromatic carbocycles. The molecule has 0 aliphatic heterocycles. The van der Waals surface area contributed by atoms with Gasteiger partial charge in [-0.2, -0.15) is 0 Å². The average molecular weight is 223 g/mol. The van der Waals surface area contributed by atoms with E-state index in [2.05, 4.69) is 26.1 Å². The molecule has 1 amide bonds. The van der Waals surface area contributed by atoms with Crippen LogP contribution in [-0.2, 0) is 4.79 Å². The molecule has 0 heterocycles. The second kappa shape index (κ2) is 9.20. The summed E-state index contributed by atoms with van der Waals surface area (Å²) in [6.45, 7) is 8.44. The summed E-state index contributed by atoms with van der Waals surface area (Å²) in [4.78, 5) is 11.4. The molecule has 0 fully saturated rings. The maximum absolute atomic E-state index is 11.4. The SMILES string of the molecule is C/C=C/C=CC(=O)NC(C)CCCC(C)C. The smallest absolute Gasteiger partial charge is 0.244 e. The fourth-order valence-electron chi connectivity index (χ4n) is 1.45. The molecular weight excluding hydrogens is 198 g/mol. The molecule has 1 unspecified atom stereocenters. The van der Waals surface area contributed by atoms with Gasteiger partial charge >= 0.3 is 0 Å². The van der Waals surface area contributed by atoms with Gasteiger partial charge in [0.1, 0.15) is 0 Å². The van der Waals surface area contributed by atoms with Crippen LogP contribution in [0.2, 0.25) is 0 Å². The van der Waals surface area contributed by atoms with E-state index in [1.807, 2.05) is 19.1 Å². The van der Waals surface area contributed by atoms with Crippen LogP contribution in [0.5, 0.6) is 0 Å². The van der Waals surface area contributed by atoms with Crippen molar-refractivity contribution in [1.29, 1.82) is 0 Å². The van der Waals surface area contributed by atoms with E-state index in [9.17, 15) is 4.79 Å². The van der Waals surface area contributed by atoms with Crippen molar-refractivity contribution in [1.82, 2.24) is 5.32 Å². The highest BCUT2D eigenvalue weighted by molar-refractivity contribution is 5.87. The third-order valence-corrected chi connectivity index (χ3v) is 2.36. The minimum Gasteiger partial charge on any atom is -0.350 e. The van der Waals surface area contributed by atoms with Gasteiger partial charge in [0, 0.05) is 12.1 Å². The number of allylic oxidation sites excluding steroid dienone is 3. The molecule has 2 nitrogen and oxygen atoms in total. The number of rotatable bonds is 7. The molecule has 0 aromatic heterocycles. The predicted molar refractivity (Wildman–Crippen MR) is 70.2 cm³/mol. The number of amides is 1. The summed E-state index contributed by atoms with van der Waals surface area (Å²) in [7, 11) is 0. The Morgan fingerprint density at radius 3 is 2.44 bits per heavy atom. The summed E-state index contributed by atoms with van der Waals surface area (Å²) in [6, 6.07) is 0.265. The van der Waals surface area contributed by atoms with Crippen molar-refractivity contribution in [2.75, 3.05) is 0 Å². The summed E-state index contributed by atoms with van der Waals surface area (Å²) >= 11 is 0. The average Bonchev–Trinajstić information content (AvgIpc) is 2.17. The highest BCUT2D eigenvalue weighted by atomic mass is 16.1. The van der Waals surface area contributed by atoms with E-state index >= 15 is 0 Å². The molecule has 0 aliphatic carbocycles. The van der Waals surface area contributed by atoms with Gasteiger partial charge < -0.3 is 5.32 Å². The molecular formula is C14H25NO. The second-order valence-corrected chi connectivity index (χ2v) is 4.62. The monoisotopic (exact) mass is 223 g/mol. The molecule has 0 saturated carbocycles. The largest absolute Gasteiger partial charge is 0.350 e. The number of nitrogens with one attached hydrogen (secondary N) is 1. The lowest BCUT2D eigenvalue weighted by molar-refractivity contribution is -0.117. The highest BCUT2D eigenvalue weighted by Crippen LogP contribution is 2.08. The van der Waals surface area contributed by atoms with E-state index in [0.29, 0.717) is 0 Å². The summed E-state index contributed by atoms with van der Waals surface area (Å²) < 4.78 is 0. The van der Waals surface area contributed by atoms with Gasteiger partial charge in [0.25, 0.3) is 0 Å². The zero-order valence-corrected chi connectivity index (χ0v) is 11.0. The molecule has 0 saturated heterocycles. The van der Waals surface area contributed by atoms with E-state index in [1.165, 1.54) is 12.8 Å². The first kappa shape index (κ1) is 14.9.